The van der Waals surface area contributed by atoms with Gasteiger partial charge in [-0.1, -0.05) is 32.0 Å². The summed E-state index contributed by atoms with van der Waals surface area (Å²) in [6.45, 7) is 8.86. The molecule has 0 aliphatic carbocycles. The van der Waals surface area contributed by atoms with E-state index >= 15 is 0 Å². The zero-order valence-corrected chi connectivity index (χ0v) is 21.3. The molecule has 0 bridgehead atoms. The number of rotatable bonds is 8. The van der Waals surface area contributed by atoms with Crippen LogP contribution in [0, 0.1) is 0 Å². The van der Waals surface area contributed by atoms with Crippen LogP contribution in [0.1, 0.15) is 24.2 Å². The number of anilines is 1. The highest BCUT2D eigenvalue weighted by Gasteiger charge is 2.23. The molecule has 34 heavy (non-hydrogen) atoms. The summed E-state index contributed by atoms with van der Waals surface area (Å²) in [5, 5.41) is 1.20. The summed E-state index contributed by atoms with van der Waals surface area (Å²) in [4.78, 5) is 35.0. The fraction of sp³-hybridized carbons (Fsp3) is 0.346. The summed E-state index contributed by atoms with van der Waals surface area (Å²) >= 11 is 2.87. The molecule has 2 heterocycles. The number of fused-ring (bicyclic) bond motifs is 1. The highest BCUT2D eigenvalue weighted by molar-refractivity contribution is 8.11. The molecule has 2 aromatic carbocycles. The van der Waals surface area contributed by atoms with E-state index in [0.29, 0.717) is 18.8 Å². The molecule has 8 heteroatoms. The Morgan fingerprint density at radius 3 is 2.35 bits per heavy atom. The first-order chi connectivity index (χ1) is 16.6. The number of thioether (sulfide) groups is 1. The Bertz CT molecular complexity index is 1120. The van der Waals surface area contributed by atoms with Gasteiger partial charge in [0.05, 0.1) is 11.3 Å². The lowest BCUT2D eigenvalue weighted by atomic mass is 10.1. The van der Waals surface area contributed by atoms with Crippen molar-refractivity contribution in [3.05, 3.63) is 66.4 Å². The van der Waals surface area contributed by atoms with E-state index in [1.807, 2.05) is 59.5 Å². The van der Waals surface area contributed by atoms with Gasteiger partial charge in [-0.3, -0.25) is 14.6 Å². The van der Waals surface area contributed by atoms with Gasteiger partial charge in [0.1, 0.15) is 0 Å². The van der Waals surface area contributed by atoms with Crippen LogP contribution in [0.5, 0.6) is 0 Å². The number of hydrogen-bond acceptors (Lipinski definition) is 7. The van der Waals surface area contributed by atoms with Crippen molar-refractivity contribution < 1.29 is 9.59 Å². The van der Waals surface area contributed by atoms with E-state index in [9.17, 15) is 9.59 Å². The minimum absolute atomic E-state index is 0.112. The highest BCUT2D eigenvalue weighted by atomic mass is 32.2. The largest absolute Gasteiger partial charge is 0.368 e. The molecular weight excluding hydrogens is 464 g/mol. The van der Waals surface area contributed by atoms with E-state index in [2.05, 4.69) is 28.0 Å². The Balaban J connectivity index is 1.30. The maximum absolute atomic E-state index is 12.8. The number of nitrogens with zero attached hydrogens (tertiary/aromatic N) is 4. The van der Waals surface area contributed by atoms with Gasteiger partial charge in [0.2, 0.25) is 0 Å². The van der Waals surface area contributed by atoms with Gasteiger partial charge >= 0.3 is 0 Å². The Hall–Kier alpha value is -2.55. The van der Waals surface area contributed by atoms with Crippen molar-refractivity contribution in [3.8, 4) is 0 Å². The molecule has 1 aliphatic rings. The van der Waals surface area contributed by atoms with E-state index in [4.69, 9.17) is 0 Å². The van der Waals surface area contributed by atoms with Crippen LogP contribution in [0.15, 0.2) is 65.7 Å². The van der Waals surface area contributed by atoms with E-state index in [1.165, 1.54) is 11.9 Å². The Morgan fingerprint density at radius 2 is 1.65 bits per heavy atom. The average molecular weight is 495 g/mol. The SMILES string of the molecule is CCN(CC)SC(=O)N1CCN(c2ccc(C(=O)CSc3ccnc4ccccc34)cc2)CC1. The molecule has 4 rings (SSSR count). The molecule has 178 valence electrons. The third-order valence-corrected chi connectivity index (χ3v) is 8.24. The molecular formula is C26H30N4O2S2. The second-order valence-electron chi connectivity index (χ2n) is 8.03. The maximum Gasteiger partial charge on any atom is 0.296 e. The molecule has 0 N–H and O–H groups in total. The number of para-hydroxylation sites is 1. The number of amides is 1. The van der Waals surface area contributed by atoms with Crippen LogP contribution in [0.3, 0.4) is 0 Å². The highest BCUT2D eigenvalue weighted by Crippen LogP contribution is 2.27. The van der Waals surface area contributed by atoms with Gasteiger partial charge in [-0.2, -0.15) is 0 Å². The number of piperazine rings is 1. The average Bonchev–Trinajstić information content (AvgIpc) is 2.90. The zero-order chi connectivity index (χ0) is 23.9. The van der Waals surface area contributed by atoms with Crippen molar-refractivity contribution in [2.24, 2.45) is 0 Å². The maximum atomic E-state index is 12.8. The third-order valence-electron chi connectivity index (χ3n) is 5.97. The van der Waals surface area contributed by atoms with Crippen molar-refractivity contribution in [1.82, 2.24) is 14.2 Å². The first-order valence-electron chi connectivity index (χ1n) is 11.7. The molecule has 0 spiro atoms. The van der Waals surface area contributed by atoms with Crippen LogP contribution in [0.4, 0.5) is 10.5 Å². The topological polar surface area (TPSA) is 56.8 Å². The van der Waals surface area contributed by atoms with Gasteiger partial charge in [0.15, 0.2) is 5.78 Å². The molecule has 0 radical (unpaired) electrons. The van der Waals surface area contributed by atoms with Gasteiger partial charge < -0.3 is 9.80 Å². The number of hydrogen-bond donors (Lipinski definition) is 0. The zero-order valence-electron chi connectivity index (χ0n) is 19.6. The predicted molar refractivity (Wildman–Crippen MR) is 143 cm³/mol. The molecule has 1 fully saturated rings. The summed E-state index contributed by atoms with van der Waals surface area (Å²) in [7, 11) is 0. The predicted octanol–water partition coefficient (Wildman–Crippen LogP) is 5.44. The molecule has 0 unspecified atom stereocenters. The van der Waals surface area contributed by atoms with Crippen molar-refractivity contribution in [1.29, 1.82) is 0 Å². The second-order valence-corrected chi connectivity index (χ2v) is 10.1. The quantitative estimate of drug-likeness (QED) is 0.235. The fourth-order valence-corrected chi connectivity index (χ4v) is 5.66. The number of Topliss-reactive ketones (excluding diaryl/α,β-unsaturated/α-hetero) is 1. The first kappa shape index (κ1) is 24.6. The molecule has 6 nitrogen and oxygen atoms in total. The molecule has 0 atom stereocenters. The van der Waals surface area contributed by atoms with E-state index in [1.54, 1.807) is 18.0 Å². The molecule has 0 saturated carbocycles. The molecule has 3 aromatic rings. The van der Waals surface area contributed by atoms with Gasteiger partial charge in [-0.05, 0) is 36.4 Å². The standard InChI is InChI=1S/C26H30N4O2S2/c1-3-30(4-2)34-26(32)29-17-15-28(16-18-29)21-11-9-20(10-12-21)24(31)19-33-25-13-14-27-23-8-6-5-7-22(23)25/h5-14H,3-4,15-19H2,1-2H3. The lowest BCUT2D eigenvalue weighted by Crippen LogP contribution is -2.48. The van der Waals surface area contributed by atoms with Crippen LogP contribution in [0.25, 0.3) is 10.9 Å². The van der Waals surface area contributed by atoms with Crippen molar-refractivity contribution in [3.63, 3.8) is 0 Å². The minimum atomic E-state index is 0.112. The van der Waals surface area contributed by atoms with Gasteiger partial charge in [0.25, 0.3) is 5.24 Å². The van der Waals surface area contributed by atoms with Crippen LogP contribution in [-0.4, -0.2) is 70.2 Å². The number of ketones is 1. The summed E-state index contributed by atoms with van der Waals surface area (Å²) in [6, 6.07) is 17.8. The van der Waals surface area contributed by atoms with Crippen molar-refractivity contribution in [2.45, 2.75) is 18.7 Å². The Kier molecular flexibility index (Phi) is 8.48. The summed E-state index contributed by atoms with van der Waals surface area (Å²) in [5.74, 6) is 0.500. The normalized spacial score (nSPS) is 14.1. The second kappa shape index (κ2) is 11.7. The number of carbonyl (C=O) groups excluding carboxylic acids is 2. The van der Waals surface area contributed by atoms with Gasteiger partial charge in [-0.25, -0.2) is 4.31 Å². The number of carbonyl (C=O) groups is 2. The third kappa shape index (κ3) is 5.92. The van der Waals surface area contributed by atoms with Crippen LogP contribution >= 0.6 is 23.7 Å². The van der Waals surface area contributed by atoms with E-state index in [-0.39, 0.29) is 11.0 Å². The summed E-state index contributed by atoms with van der Waals surface area (Å²) < 4.78 is 2.07. The fourth-order valence-electron chi connectivity index (χ4n) is 3.95. The van der Waals surface area contributed by atoms with E-state index < -0.39 is 0 Å². The number of benzene rings is 2. The molecule has 1 aromatic heterocycles. The van der Waals surface area contributed by atoms with Crippen LogP contribution in [0.2, 0.25) is 0 Å². The van der Waals surface area contributed by atoms with Crippen molar-refractivity contribution in [2.75, 3.05) is 49.9 Å². The van der Waals surface area contributed by atoms with E-state index in [0.717, 1.165) is 53.2 Å². The number of aromatic nitrogens is 1. The van der Waals surface area contributed by atoms with Crippen LogP contribution < -0.4 is 4.90 Å². The monoisotopic (exact) mass is 494 g/mol. The van der Waals surface area contributed by atoms with Crippen LogP contribution in [-0.2, 0) is 0 Å². The molecule has 1 aliphatic heterocycles. The first-order valence-corrected chi connectivity index (χ1v) is 13.4. The lowest BCUT2D eigenvalue weighted by Gasteiger charge is -2.36. The van der Waals surface area contributed by atoms with Crippen molar-refractivity contribution >= 4 is 51.3 Å². The van der Waals surface area contributed by atoms with Gasteiger partial charge in [-0.15, -0.1) is 11.8 Å². The smallest absolute Gasteiger partial charge is 0.296 e. The Morgan fingerprint density at radius 1 is 0.941 bits per heavy atom. The Labute approximate surface area is 209 Å². The van der Waals surface area contributed by atoms with Gasteiger partial charge in [0, 0.05) is 78.9 Å². The number of pyridine rings is 1. The summed E-state index contributed by atoms with van der Waals surface area (Å²) in [5.41, 5.74) is 2.75. The minimum Gasteiger partial charge on any atom is -0.368 e. The summed E-state index contributed by atoms with van der Waals surface area (Å²) in [6.07, 6.45) is 1.79. The molecule has 1 saturated heterocycles. The molecule has 1 amide bonds. The lowest BCUT2D eigenvalue weighted by molar-refractivity contribution is 0.102.